The molecule has 0 radical (unpaired) electrons. The molecule has 1 saturated carbocycles. The number of halogens is 3. The summed E-state index contributed by atoms with van der Waals surface area (Å²) in [4.78, 5) is 0. The van der Waals surface area contributed by atoms with E-state index in [0.29, 0.717) is 12.8 Å². The largest absolute Gasteiger partial charge is 0.391 e. The fourth-order valence-corrected chi connectivity index (χ4v) is 2.99. The molecule has 1 aliphatic rings. The maximum atomic E-state index is 12.7. The molecule has 1 heterocycles. The van der Waals surface area contributed by atoms with Gasteiger partial charge in [-0.1, -0.05) is 18.2 Å². The van der Waals surface area contributed by atoms with Crippen LogP contribution in [0.1, 0.15) is 37.4 Å². The highest BCUT2D eigenvalue weighted by molar-refractivity contribution is 5.32. The lowest BCUT2D eigenvalue weighted by Crippen LogP contribution is -2.27. The van der Waals surface area contributed by atoms with Gasteiger partial charge in [-0.25, -0.2) is 0 Å². The fraction of sp³-hybridized carbons (Fsp3) is 0.467. The van der Waals surface area contributed by atoms with Crippen LogP contribution in [0.2, 0.25) is 0 Å². The number of hydrogen-bond donors (Lipinski definition) is 0. The highest BCUT2D eigenvalue weighted by Gasteiger charge is 2.42. The van der Waals surface area contributed by atoms with Crippen LogP contribution in [0.4, 0.5) is 13.2 Å². The van der Waals surface area contributed by atoms with Crippen LogP contribution in [-0.2, 0) is 0 Å². The normalized spacial score (nSPS) is 23.2. The second-order valence-corrected chi connectivity index (χ2v) is 5.48. The Labute approximate surface area is 120 Å². The lowest BCUT2D eigenvalue weighted by molar-refractivity contribution is -0.182. The van der Waals surface area contributed by atoms with Gasteiger partial charge in [0, 0.05) is 11.6 Å². The van der Waals surface area contributed by atoms with E-state index in [0.717, 1.165) is 11.5 Å². The molecule has 0 unspecified atom stereocenters. The van der Waals surface area contributed by atoms with Gasteiger partial charge in [-0.05, 0) is 37.8 Å². The Morgan fingerprint density at radius 2 is 1.67 bits per heavy atom. The molecule has 3 rings (SSSR count). The molecular weight excluding hydrogens is 279 g/mol. The average Bonchev–Trinajstić information content (AvgIpc) is 2.97. The summed E-state index contributed by atoms with van der Waals surface area (Å²) >= 11 is 0. The molecule has 3 nitrogen and oxygen atoms in total. The zero-order valence-electron chi connectivity index (χ0n) is 11.4. The second kappa shape index (κ2) is 5.50. The molecule has 1 aromatic heterocycles. The van der Waals surface area contributed by atoms with Crippen LogP contribution in [0.25, 0.3) is 5.69 Å². The van der Waals surface area contributed by atoms with Crippen molar-refractivity contribution in [3.8, 4) is 5.69 Å². The predicted octanol–water partition coefficient (Wildman–Crippen LogP) is 4.10. The molecule has 0 saturated heterocycles. The Bertz CT molecular complexity index is 584. The van der Waals surface area contributed by atoms with Gasteiger partial charge in [0.2, 0.25) is 0 Å². The minimum absolute atomic E-state index is 0.0475. The molecular formula is C15H16F3N3. The molecule has 1 fully saturated rings. The third-order valence-corrected chi connectivity index (χ3v) is 4.16. The van der Waals surface area contributed by atoms with Gasteiger partial charge in [-0.3, -0.25) is 4.57 Å². The van der Waals surface area contributed by atoms with Crippen molar-refractivity contribution in [3.63, 3.8) is 0 Å². The summed E-state index contributed by atoms with van der Waals surface area (Å²) in [5.41, 5.74) is 0.940. The molecule has 112 valence electrons. The molecule has 0 amide bonds. The van der Waals surface area contributed by atoms with Crippen molar-refractivity contribution in [1.82, 2.24) is 14.8 Å². The van der Waals surface area contributed by atoms with E-state index in [-0.39, 0.29) is 18.8 Å². The van der Waals surface area contributed by atoms with Gasteiger partial charge >= 0.3 is 6.18 Å². The first kappa shape index (κ1) is 14.1. The molecule has 6 heteroatoms. The number of nitrogens with zero attached hydrogens (tertiary/aromatic N) is 3. The standard InChI is InChI=1S/C15H16F3N3/c16-15(17,18)12-8-6-11(7-9-12)14-20-19-10-21(14)13-4-2-1-3-5-13/h1-5,10-12H,6-9H2. The first-order chi connectivity index (χ1) is 10.1. The van der Waals surface area contributed by atoms with Gasteiger partial charge in [0.25, 0.3) is 0 Å². The van der Waals surface area contributed by atoms with Crippen molar-refractivity contribution in [2.75, 3.05) is 0 Å². The highest BCUT2D eigenvalue weighted by atomic mass is 19.4. The van der Waals surface area contributed by atoms with Crippen LogP contribution in [0.15, 0.2) is 36.7 Å². The Morgan fingerprint density at radius 3 is 2.29 bits per heavy atom. The van der Waals surface area contributed by atoms with Crippen molar-refractivity contribution >= 4 is 0 Å². The van der Waals surface area contributed by atoms with Gasteiger partial charge in [0.1, 0.15) is 12.2 Å². The topological polar surface area (TPSA) is 30.7 Å². The van der Waals surface area contributed by atoms with Crippen LogP contribution in [-0.4, -0.2) is 20.9 Å². The van der Waals surface area contributed by atoms with Gasteiger partial charge in [-0.15, -0.1) is 10.2 Å². The molecule has 0 atom stereocenters. The Balaban J connectivity index is 1.77. The number of para-hydroxylation sites is 1. The number of rotatable bonds is 2. The van der Waals surface area contributed by atoms with Crippen LogP contribution in [0.5, 0.6) is 0 Å². The summed E-state index contributed by atoms with van der Waals surface area (Å²) in [7, 11) is 0. The van der Waals surface area contributed by atoms with Crippen molar-refractivity contribution in [3.05, 3.63) is 42.5 Å². The minimum atomic E-state index is -4.07. The lowest BCUT2D eigenvalue weighted by atomic mass is 9.81. The van der Waals surface area contributed by atoms with Gasteiger partial charge in [0.15, 0.2) is 0 Å². The van der Waals surface area contributed by atoms with E-state index >= 15 is 0 Å². The smallest absolute Gasteiger partial charge is 0.285 e. The second-order valence-electron chi connectivity index (χ2n) is 5.48. The number of aromatic nitrogens is 3. The predicted molar refractivity (Wildman–Crippen MR) is 72.1 cm³/mol. The van der Waals surface area contributed by atoms with Crippen LogP contribution < -0.4 is 0 Å². The van der Waals surface area contributed by atoms with E-state index in [1.165, 1.54) is 0 Å². The molecule has 1 aromatic carbocycles. The van der Waals surface area contributed by atoms with Crippen molar-refractivity contribution < 1.29 is 13.2 Å². The van der Waals surface area contributed by atoms with Gasteiger partial charge < -0.3 is 0 Å². The summed E-state index contributed by atoms with van der Waals surface area (Å²) in [6.07, 6.45) is -1.07. The van der Waals surface area contributed by atoms with Crippen LogP contribution >= 0.6 is 0 Å². The maximum absolute atomic E-state index is 12.7. The monoisotopic (exact) mass is 295 g/mol. The molecule has 0 spiro atoms. The summed E-state index contributed by atoms with van der Waals surface area (Å²) in [6, 6.07) is 9.63. The summed E-state index contributed by atoms with van der Waals surface area (Å²) in [5, 5.41) is 8.07. The summed E-state index contributed by atoms with van der Waals surface area (Å²) in [6.45, 7) is 0. The van der Waals surface area contributed by atoms with Gasteiger partial charge in [-0.2, -0.15) is 13.2 Å². The number of alkyl halides is 3. The van der Waals surface area contributed by atoms with E-state index in [2.05, 4.69) is 10.2 Å². The van der Waals surface area contributed by atoms with E-state index in [1.54, 1.807) is 6.33 Å². The Morgan fingerprint density at radius 1 is 1.00 bits per heavy atom. The zero-order valence-corrected chi connectivity index (χ0v) is 11.4. The van der Waals surface area contributed by atoms with E-state index < -0.39 is 12.1 Å². The molecule has 21 heavy (non-hydrogen) atoms. The molecule has 1 aliphatic carbocycles. The fourth-order valence-electron chi connectivity index (χ4n) is 2.99. The lowest BCUT2D eigenvalue weighted by Gasteiger charge is -2.29. The first-order valence-electron chi connectivity index (χ1n) is 7.08. The highest BCUT2D eigenvalue weighted by Crippen LogP contribution is 2.42. The molecule has 2 aromatic rings. The molecule has 0 aliphatic heterocycles. The molecule has 0 N–H and O–H groups in total. The third kappa shape index (κ3) is 2.94. The quantitative estimate of drug-likeness (QED) is 0.835. The Kier molecular flexibility index (Phi) is 3.69. The summed E-state index contributed by atoms with van der Waals surface area (Å²) in [5.74, 6) is -0.352. The maximum Gasteiger partial charge on any atom is 0.391 e. The van der Waals surface area contributed by atoms with Crippen molar-refractivity contribution in [2.24, 2.45) is 5.92 Å². The Hall–Kier alpha value is -1.85. The number of benzene rings is 1. The molecule has 0 bridgehead atoms. The SMILES string of the molecule is FC(F)(F)C1CCC(c2nncn2-c2ccccc2)CC1. The number of hydrogen-bond acceptors (Lipinski definition) is 2. The zero-order chi connectivity index (χ0) is 14.9. The van der Waals surface area contributed by atoms with E-state index in [1.807, 2.05) is 34.9 Å². The first-order valence-corrected chi connectivity index (χ1v) is 7.08. The van der Waals surface area contributed by atoms with Crippen LogP contribution in [0, 0.1) is 5.92 Å². The van der Waals surface area contributed by atoms with E-state index in [4.69, 9.17) is 0 Å². The van der Waals surface area contributed by atoms with Crippen LogP contribution in [0.3, 0.4) is 0 Å². The summed E-state index contributed by atoms with van der Waals surface area (Å²) < 4.78 is 40.0. The third-order valence-electron chi connectivity index (χ3n) is 4.16. The van der Waals surface area contributed by atoms with Gasteiger partial charge in [0.05, 0.1) is 5.92 Å². The van der Waals surface area contributed by atoms with E-state index in [9.17, 15) is 13.2 Å². The van der Waals surface area contributed by atoms with Crippen molar-refractivity contribution in [1.29, 1.82) is 0 Å². The average molecular weight is 295 g/mol. The van der Waals surface area contributed by atoms with Crippen molar-refractivity contribution in [2.45, 2.75) is 37.8 Å². The minimum Gasteiger partial charge on any atom is -0.285 e.